The molecule has 0 unspecified atom stereocenters. The molecule has 2 aromatic carbocycles. The van der Waals surface area contributed by atoms with Crippen molar-refractivity contribution in [1.82, 2.24) is 4.98 Å². The molecule has 5 nitrogen and oxygen atoms in total. The van der Waals surface area contributed by atoms with E-state index in [1.807, 2.05) is 62.4 Å². The van der Waals surface area contributed by atoms with E-state index < -0.39 is 0 Å². The van der Waals surface area contributed by atoms with Crippen molar-refractivity contribution in [1.29, 1.82) is 0 Å². The summed E-state index contributed by atoms with van der Waals surface area (Å²) in [4.78, 5) is 21.7. The molecule has 1 N–H and O–H groups in total. The fourth-order valence-electron chi connectivity index (χ4n) is 2.69. The first-order valence-electron chi connectivity index (χ1n) is 8.88. The number of benzene rings is 2. The summed E-state index contributed by atoms with van der Waals surface area (Å²) in [6.07, 6.45) is 1.55. The molecule has 3 rings (SSSR count). The highest BCUT2D eigenvalue weighted by atomic mass is 35.5. The Balaban J connectivity index is 1.86. The summed E-state index contributed by atoms with van der Waals surface area (Å²) >= 11 is 6.03. The standard InChI is InChI=1S/C22H20ClN3O2/c1-3-28-26-15(2)16-10-12-17(13-11-16)18-7-4-5-9-20(18)25-22(27)19-8-6-14-24-21(19)23/h4-14H,3H2,1-2H3,(H,25,27). The van der Waals surface area contributed by atoms with E-state index in [1.54, 1.807) is 18.3 Å². The van der Waals surface area contributed by atoms with E-state index >= 15 is 0 Å². The first kappa shape index (κ1) is 19.6. The Morgan fingerprint density at radius 2 is 1.86 bits per heavy atom. The number of nitrogens with one attached hydrogen (secondary N) is 1. The third kappa shape index (κ3) is 4.56. The molecule has 28 heavy (non-hydrogen) atoms. The molecule has 1 heterocycles. The van der Waals surface area contributed by atoms with E-state index in [4.69, 9.17) is 16.4 Å². The Hall–Kier alpha value is -3.18. The summed E-state index contributed by atoms with van der Waals surface area (Å²) < 4.78 is 0. The van der Waals surface area contributed by atoms with Gasteiger partial charge in [-0.25, -0.2) is 4.98 Å². The number of rotatable bonds is 6. The Labute approximate surface area is 169 Å². The lowest BCUT2D eigenvalue weighted by molar-refractivity contribution is 0.102. The van der Waals surface area contributed by atoms with Gasteiger partial charge >= 0.3 is 0 Å². The van der Waals surface area contributed by atoms with Crippen LogP contribution in [0.5, 0.6) is 0 Å². The number of carbonyl (C=O) groups is 1. The summed E-state index contributed by atoms with van der Waals surface area (Å²) in [5.74, 6) is -0.304. The van der Waals surface area contributed by atoms with Crippen molar-refractivity contribution in [2.24, 2.45) is 5.16 Å². The normalized spacial score (nSPS) is 11.2. The topological polar surface area (TPSA) is 63.6 Å². The van der Waals surface area contributed by atoms with Gasteiger partial charge in [0.2, 0.25) is 0 Å². The maximum absolute atomic E-state index is 12.6. The number of carbonyl (C=O) groups excluding carboxylic acids is 1. The molecular formula is C22H20ClN3O2. The number of pyridine rings is 1. The number of halogens is 1. The van der Waals surface area contributed by atoms with E-state index in [0.29, 0.717) is 17.9 Å². The van der Waals surface area contributed by atoms with Crippen molar-refractivity contribution < 1.29 is 9.63 Å². The minimum Gasteiger partial charge on any atom is -0.396 e. The van der Waals surface area contributed by atoms with Crippen molar-refractivity contribution in [2.75, 3.05) is 11.9 Å². The smallest absolute Gasteiger partial charge is 0.258 e. The molecule has 0 aliphatic carbocycles. The average molecular weight is 394 g/mol. The van der Waals surface area contributed by atoms with E-state index in [-0.39, 0.29) is 11.1 Å². The average Bonchev–Trinajstić information content (AvgIpc) is 2.73. The summed E-state index contributed by atoms with van der Waals surface area (Å²) in [5.41, 5.74) is 4.68. The Morgan fingerprint density at radius 3 is 2.57 bits per heavy atom. The molecule has 0 saturated carbocycles. The summed E-state index contributed by atoms with van der Waals surface area (Å²) in [6.45, 7) is 4.32. The number of para-hydroxylation sites is 1. The zero-order valence-corrected chi connectivity index (χ0v) is 16.4. The molecule has 1 amide bonds. The van der Waals surface area contributed by atoms with Crippen LogP contribution in [0.2, 0.25) is 5.15 Å². The summed E-state index contributed by atoms with van der Waals surface area (Å²) in [5, 5.41) is 7.15. The van der Waals surface area contributed by atoms with Gasteiger partial charge in [-0.1, -0.05) is 59.2 Å². The molecular weight excluding hydrogens is 374 g/mol. The van der Waals surface area contributed by atoms with Gasteiger partial charge < -0.3 is 10.2 Å². The molecule has 0 aliphatic heterocycles. The van der Waals surface area contributed by atoms with Crippen molar-refractivity contribution in [2.45, 2.75) is 13.8 Å². The highest BCUT2D eigenvalue weighted by Gasteiger charge is 2.13. The van der Waals surface area contributed by atoms with Crippen LogP contribution in [-0.4, -0.2) is 23.2 Å². The highest BCUT2D eigenvalue weighted by molar-refractivity contribution is 6.33. The predicted octanol–water partition coefficient (Wildman–Crippen LogP) is 5.41. The highest BCUT2D eigenvalue weighted by Crippen LogP contribution is 2.29. The van der Waals surface area contributed by atoms with Crippen LogP contribution in [0.4, 0.5) is 5.69 Å². The molecule has 0 fully saturated rings. The first-order chi connectivity index (χ1) is 13.6. The van der Waals surface area contributed by atoms with Gasteiger partial charge in [-0.15, -0.1) is 0 Å². The molecule has 0 atom stereocenters. The fraction of sp³-hybridized carbons (Fsp3) is 0.136. The van der Waals surface area contributed by atoms with Crippen molar-refractivity contribution in [3.8, 4) is 11.1 Å². The van der Waals surface area contributed by atoms with Crippen LogP contribution in [0.15, 0.2) is 72.0 Å². The van der Waals surface area contributed by atoms with Gasteiger partial charge in [-0.2, -0.15) is 0 Å². The van der Waals surface area contributed by atoms with Crippen LogP contribution < -0.4 is 5.32 Å². The van der Waals surface area contributed by atoms with Crippen LogP contribution >= 0.6 is 11.6 Å². The van der Waals surface area contributed by atoms with Gasteiger partial charge in [0.25, 0.3) is 5.91 Å². The monoisotopic (exact) mass is 393 g/mol. The second-order valence-electron chi connectivity index (χ2n) is 6.01. The lowest BCUT2D eigenvalue weighted by Gasteiger charge is -2.12. The maximum atomic E-state index is 12.6. The first-order valence-corrected chi connectivity index (χ1v) is 9.26. The van der Waals surface area contributed by atoms with E-state index in [0.717, 1.165) is 22.4 Å². The molecule has 0 saturated heterocycles. The molecule has 1 aromatic heterocycles. The number of nitrogens with zero attached hydrogens (tertiary/aromatic N) is 2. The predicted molar refractivity (Wildman–Crippen MR) is 113 cm³/mol. The number of hydrogen-bond donors (Lipinski definition) is 1. The fourth-order valence-corrected chi connectivity index (χ4v) is 2.90. The number of aromatic nitrogens is 1. The van der Waals surface area contributed by atoms with Crippen molar-refractivity contribution in [3.63, 3.8) is 0 Å². The molecule has 0 aliphatic rings. The third-order valence-corrected chi connectivity index (χ3v) is 4.42. The third-order valence-electron chi connectivity index (χ3n) is 4.12. The maximum Gasteiger partial charge on any atom is 0.258 e. The SMILES string of the molecule is CCON=C(C)c1ccc(-c2ccccc2NC(=O)c2cccnc2Cl)cc1. The molecule has 142 valence electrons. The summed E-state index contributed by atoms with van der Waals surface area (Å²) in [6, 6.07) is 18.9. The lowest BCUT2D eigenvalue weighted by Crippen LogP contribution is -2.13. The Kier molecular flexibility index (Phi) is 6.40. The molecule has 0 spiro atoms. The number of amides is 1. The van der Waals surface area contributed by atoms with Crippen LogP contribution in [-0.2, 0) is 4.84 Å². The van der Waals surface area contributed by atoms with Gasteiger partial charge in [-0.3, -0.25) is 4.79 Å². The zero-order chi connectivity index (χ0) is 19.9. The number of anilines is 1. The number of oxime groups is 1. The Bertz CT molecular complexity index is 1000. The molecule has 0 radical (unpaired) electrons. The van der Waals surface area contributed by atoms with Crippen molar-refractivity contribution >= 4 is 28.9 Å². The lowest BCUT2D eigenvalue weighted by atomic mass is 10.0. The van der Waals surface area contributed by atoms with Crippen LogP contribution in [0.3, 0.4) is 0 Å². The van der Waals surface area contributed by atoms with Gasteiger partial charge in [0.05, 0.1) is 11.3 Å². The minimum atomic E-state index is -0.304. The van der Waals surface area contributed by atoms with Gasteiger partial charge in [-0.05, 0) is 43.2 Å². The van der Waals surface area contributed by atoms with Gasteiger partial charge in [0.1, 0.15) is 11.8 Å². The van der Waals surface area contributed by atoms with Crippen LogP contribution in [0.25, 0.3) is 11.1 Å². The molecule has 3 aromatic rings. The minimum absolute atomic E-state index is 0.172. The largest absolute Gasteiger partial charge is 0.396 e. The van der Waals surface area contributed by atoms with Crippen LogP contribution in [0, 0.1) is 0 Å². The molecule has 0 bridgehead atoms. The van der Waals surface area contributed by atoms with E-state index in [9.17, 15) is 4.79 Å². The van der Waals surface area contributed by atoms with Crippen molar-refractivity contribution in [3.05, 3.63) is 83.1 Å². The quantitative estimate of drug-likeness (QED) is 0.345. The summed E-state index contributed by atoms with van der Waals surface area (Å²) in [7, 11) is 0. The van der Waals surface area contributed by atoms with E-state index in [2.05, 4.69) is 15.5 Å². The molecule has 6 heteroatoms. The van der Waals surface area contributed by atoms with E-state index in [1.165, 1.54) is 0 Å². The van der Waals surface area contributed by atoms with Gasteiger partial charge in [0, 0.05) is 17.4 Å². The van der Waals surface area contributed by atoms with Gasteiger partial charge in [0.15, 0.2) is 0 Å². The number of hydrogen-bond acceptors (Lipinski definition) is 4. The second kappa shape index (κ2) is 9.15. The zero-order valence-electron chi connectivity index (χ0n) is 15.6. The van der Waals surface area contributed by atoms with Crippen LogP contribution in [0.1, 0.15) is 29.8 Å². The second-order valence-corrected chi connectivity index (χ2v) is 6.37. The Morgan fingerprint density at radius 1 is 1.11 bits per heavy atom.